The van der Waals surface area contributed by atoms with Crippen molar-refractivity contribution in [2.45, 2.75) is 31.3 Å². The van der Waals surface area contributed by atoms with Crippen LogP contribution in [-0.4, -0.2) is 27.2 Å². The van der Waals surface area contributed by atoms with Gasteiger partial charge in [-0.3, -0.25) is 4.84 Å². The molecule has 0 aliphatic carbocycles. The highest BCUT2D eigenvalue weighted by molar-refractivity contribution is 7.89. The van der Waals surface area contributed by atoms with E-state index < -0.39 is 15.6 Å². The monoisotopic (exact) mass is 287 g/mol. The third-order valence-corrected chi connectivity index (χ3v) is 3.46. The molecule has 19 heavy (non-hydrogen) atoms. The first-order valence-electron chi connectivity index (χ1n) is 5.87. The molecule has 1 aromatic rings. The Morgan fingerprint density at radius 1 is 1.16 bits per heavy atom. The molecule has 0 spiro atoms. The molecular weight excluding hydrogens is 270 g/mol. The van der Waals surface area contributed by atoms with E-state index in [9.17, 15) is 8.42 Å². The maximum Gasteiger partial charge on any atom is 0.262 e. The van der Waals surface area contributed by atoms with Crippen LogP contribution in [-0.2, 0) is 14.9 Å². The number of nitrogens with one attached hydrogen (secondary N) is 1. The number of benzene rings is 1. The molecule has 1 heterocycles. The van der Waals surface area contributed by atoms with E-state index in [1.807, 2.05) is 0 Å². The van der Waals surface area contributed by atoms with Gasteiger partial charge < -0.3 is 9.47 Å². The van der Waals surface area contributed by atoms with Gasteiger partial charge in [0.15, 0.2) is 11.5 Å². The van der Waals surface area contributed by atoms with Crippen molar-refractivity contribution >= 4 is 10.0 Å². The molecule has 0 saturated heterocycles. The molecule has 0 atom stereocenters. The number of fused-ring (bicyclic) bond motifs is 1. The Balaban J connectivity index is 2.21. The molecule has 0 amide bonds. The van der Waals surface area contributed by atoms with Gasteiger partial charge in [0.1, 0.15) is 13.2 Å². The van der Waals surface area contributed by atoms with Crippen molar-refractivity contribution in [1.82, 2.24) is 4.89 Å². The third kappa shape index (κ3) is 3.59. The van der Waals surface area contributed by atoms with E-state index in [2.05, 4.69) is 4.89 Å². The molecule has 1 N–H and O–H groups in total. The van der Waals surface area contributed by atoms with Gasteiger partial charge in [-0.1, -0.05) is 4.89 Å². The summed E-state index contributed by atoms with van der Waals surface area (Å²) in [4.78, 5) is 7.25. The summed E-state index contributed by atoms with van der Waals surface area (Å²) in [5.41, 5.74) is -0.610. The Hall–Kier alpha value is -1.31. The van der Waals surface area contributed by atoms with Crippen molar-refractivity contribution in [3.8, 4) is 11.5 Å². The SMILES string of the molecule is CC(C)(C)ONS(=O)(=O)c1ccc2c(c1)OCCO2. The topological polar surface area (TPSA) is 73.9 Å². The van der Waals surface area contributed by atoms with Gasteiger partial charge in [0.05, 0.1) is 10.5 Å². The Morgan fingerprint density at radius 2 is 1.79 bits per heavy atom. The average Bonchev–Trinajstić information content (AvgIpc) is 2.35. The highest BCUT2D eigenvalue weighted by atomic mass is 32.2. The van der Waals surface area contributed by atoms with Gasteiger partial charge in [-0.05, 0) is 32.9 Å². The zero-order valence-corrected chi connectivity index (χ0v) is 11.9. The first kappa shape index (κ1) is 14.1. The normalized spacial score (nSPS) is 15.3. The zero-order chi connectivity index (χ0) is 14.1. The van der Waals surface area contributed by atoms with E-state index in [4.69, 9.17) is 14.3 Å². The minimum atomic E-state index is -3.73. The lowest BCUT2D eigenvalue weighted by Crippen LogP contribution is -2.33. The van der Waals surface area contributed by atoms with Crippen LogP contribution in [0.1, 0.15) is 20.8 Å². The predicted octanol–water partition coefficient (Wildman–Crippen LogP) is 1.47. The van der Waals surface area contributed by atoms with Crippen LogP contribution in [0.3, 0.4) is 0 Å². The number of sulfonamides is 1. The summed E-state index contributed by atoms with van der Waals surface area (Å²) < 4.78 is 34.7. The highest BCUT2D eigenvalue weighted by Crippen LogP contribution is 2.32. The van der Waals surface area contributed by atoms with E-state index in [1.54, 1.807) is 26.8 Å². The van der Waals surface area contributed by atoms with Gasteiger partial charge in [-0.25, -0.2) is 8.42 Å². The molecule has 0 aromatic heterocycles. The largest absolute Gasteiger partial charge is 0.486 e. The lowest BCUT2D eigenvalue weighted by Gasteiger charge is -2.21. The molecule has 7 heteroatoms. The molecule has 0 fully saturated rings. The van der Waals surface area contributed by atoms with Crippen molar-refractivity contribution in [3.63, 3.8) is 0 Å². The summed E-state index contributed by atoms with van der Waals surface area (Å²) in [6, 6.07) is 4.44. The second-order valence-electron chi connectivity index (χ2n) is 5.11. The third-order valence-electron chi connectivity index (χ3n) is 2.28. The molecule has 6 nitrogen and oxygen atoms in total. The molecule has 106 valence electrons. The van der Waals surface area contributed by atoms with Crippen molar-refractivity contribution in [2.24, 2.45) is 0 Å². The van der Waals surface area contributed by atoms with Crippen LogP contribution >= 0.6 is 0 Å². The van der Waals surface area contributed by atoms with Gasteiger partial charge in [0.2, 0.25) is 0 Å². The molecule has 1 aliphatic heterocycles. The van der Waals surface area contributed by atoms with Crippen LogP contribution in [0.25, 0.3) is 0 Å². The van der Waals surface area contributed by atoms with Crippen LogP contribution in [0.5, 0.6) is 11.5 Å². The predicted molar refractivity (Wildman–Crippen MR) is 68.6 cm³/mol. The summed E-state index contributed by atoms with van der Waals surface area (Å²) in [6.07, 6.45) is 0. The molecule has 1 aliphatic rings. The minimum absolute atomic E-state index is 0.0704. The first-order chi connectivity index (χ1) is 8.78. The summed E-state index contributed by atoms with van der Waals surface area (Å²) in [7, 11) is -3.73. The highest BCUT2D eigenvalue weighted by Gasteiger charge is 2.22. The van der Waals surface area contributed by atoms with Crippen LogP contribution < -0.4 is 14.4 Å². The van der Waals surface area contributed by atoms with E-state index in [0.29, 0.717) is 24.7 Å². The lowest BCUT2D eigenvalue weighted by atomic mass is 10.2. The molecule has 0 unspecified atom stereocenters. The minimum Gasteiger partial charge on any atom is -0.486 e. The average molecular weight is 287 g/mol. The molecule has 0 saturated carbocycles. The van der Waals surface area contributed by atoms with E-state index in [-0.39, 0.29) is 4.90 Å². The van der Waals surface area contributed by atoms with E-state index >= 15 is 0 Å². The van der Waals surface area contributed by atoms with Crippen molar-refractivity contribution in [1.29, 1.82) is 0 Å². The Kier molecular flexibility index (Phi) is 3.71. The fourth-order valence-corrected chi connectivity index (χ4v) is 2.38. The van der Waals surface area contributed by atoms with Crippen molar-refractivity contribution in [2.75, 3.05) is 13.2 Å². The Morgan fingerprint density at radius 3 is 2.42 bits per heavy atom. The van der Waals surface area contributed by atoms with Gasteiger partial charge in [-0.2, -0.15) is 0 Å². The number of ether oxygens (including phenoxy) is 2. The van der Waals surface area contributed by atoms with Crippen LogP contribution in [0.15, 0.2) is 23.1 Å². The summed E-state index contributed by atoms with van der Waals surface area (Å²) in [6.45, 7) is 6.12. The maximum absolute atomic E-state index is 12.0. The van der Waals surface area contributed by atoms with Gasteiger partial charge in [0, 0.05) is 6.07 Å². The molecule has 2 rings (SSSR count). The van der Waals surface area contributed by atoms with Crippen molar-refractivity contribution in [3.05, 3.63) is 18.2 Å². The fourth-order valence-electron chi connectivity index (χ4n) is 1.42. The van der Waals surface area contributed by atoms with Crippen LogP contribution in [0.2, 0.25) is 0 Å². The zero-order valence-electron chi connectivity index (χ0n) is 11.1. The first-order valence-corrected chi connectivity index (χ1v) is 7.36. The number of rotatable bonds is 3. The van der Waals surface area contributed by atoms with Crippen LogP contribution in [0.4, 0.5) is 0 Å². The van der Waals surface area contributed by atoms with Gasteiger partial charge >= 0.3 is 0 Å². The fraction of sp³-hybridized carbons (Fsp3) is 0.500. The quantitative estimate of drug-likeness (QED) is 0.852. The van der Waals surface area contributed by atoms with Crippen molar-refractivity contribution < 1.29 is 22.7 Å². The summed E-state index contributed by atoms with van der Waals surface area (Å²) in [5, 5.41) is 0. The van der Waals surface area contributed by atoms with E-state index in [1.165, 1.54) is 12.1 Å². The Labute approximate surface area is 112 Å². The number of hydrogen-bond donors (Lipinski definition) is 1. The smallest absolute Gasteiger partial charge is 0.262 e. The molecule has 0 bridgehead atoms. The number of hydrogen-bond acceptors (Lipinski definition) is 5. The molecule has 1 aromatic carbocycles. The second kappa shape index (κ2) is 4.99. The van der Waals surface area contributed by atoms with Crippen LogP contribution in [0, 0.1) is 0 Å². The second-order valence-corrected chi connectivity index (χ2v) is 6.75. The maximum atomic E-state index is 12.0. The standard InChI is InChI=1S/C12H17NO5S/c1-12(2,3)18-13-19(14,15)9-4-5-10-11(8-9)17-7-6-16-10/h4-5,8,13H,6-7H2,1-3H3. The van der Waals surface area contributed by atoms with Gasteiger partial charge in [-0.15, -0.1) is 0 Å². The summed E-state index contributed by atoms with van der Waals surface area (Å²) >= 11 is 0. The summed E-state index contributed by atoms with van der Waals surface area (Å²) in [5.74, 6) is 0.965. The molecule has 0 radical (unpaired) electrons. The lowest BCUT2D eigenvalue weighted by molar-refractivity contribution is -0.0357. The molecular formula is C12H17NO5S. The van der Waals surface area contributed by atoms with Gasteiger partial charge in [0.25, 0.3) is 10.0 Å². The Bertz CT molecular complexity index is 562. The van der Waals surface area contributed by atoms with E-state index in [0.717, 1.165) is 0 Å².